The van der Waals surface area contributed by atoms with Gasteiger partial charge in [0.1, 0.15) is 29.0 Å². The molecule has 2 heterocycles. The van der Waals surface area contributed by atoms with E-state index in [0.717, 1.165) is 0 Å². The second-order valence-electron chi connectivity index (χ2n) is 4.23. The van der Waals surface area contributed by atoms with Gasteiger partial charge in [0.25, 0.3) is 0 Å². The largest absolute Gasteiger partial charge is 0.383 e. The van der Waals surface area contributed by atoms with Crippen LogP contribution in [0.4, 0.5) is 10.2 Å². The number of anilines is 1. The van der Waals surface area contributed by atoms with E-state index in [4.69, 9.17) is 22.6 Å². The molecule has 98 valence electrons. The van der Waals surface area contributed by atoms with Crippen LogP contribution in [-0.4, -0.2) is 9.38 Å². The van der Waals surface area contributed by atoms with Crippen LogP contribution >= 0.6 is 11.6 Å². The monoisotopic (exact) mass is 286 g/mol. The summed E-state index contributed by atoms with van der Waals surface area (Å²) in [5, 5.41) is 9.40. The van der Waals surface area contributed by atoms with Crippen molar-refractivity contribution in [2.24, 2.45) is 0 Å². The first-order chi connectivity index (χ1) is 9.60. The van der Waals surface area contributed by atoms with Gasteiger partial charge in [0, 0.05) is 11.8 Å². The van der Waals surface area contributed by atoms with Crippen LogP contribution in [0.25, 0.3) is 16.9 Å². The van der Waals surface area contributed by atoms with Crippen LogP contribution in [0, 0.1) is 17.1 Å². The third kappa shape index (κ3) is 1.87. The molecule has 20 heavy (non-hydrogen) atoms. The zero-order chi connectivity index (χ0) is 14.3. The van der Waals surface area contributed by atoms with Gasteiger partial charge in [0.05, 0.1) is 10.6 Å². The smallest absolute Gasteiger partial charge is 0.140 e. The molecule has 4 nitrogen and oxygen atoms in total. The molecule has 3 aromatic rings. The first-order valence-corrected chi connectivity index (χ1v) is 6.11. The van der Waals surface area contributed by atoms with Gasteiger partial charge in [0.15, 0.2) is 0 Å². The predicted octanol–water partition coefficient (Wildman–Crippen LogP) is 3.25. The maximum Gasteiger partial charge on any atom is 0.140 e. The van der Waals surface area contributed by atoms with Crippen molar-refractivity contribution < 1.29 is 4.39 Å². The highest BCUT2D eigenvalue weighted by molar-refractivity contribution is 6.30. The number of nitrogen functional groups attached to an aromatic ring is 1. The Morgan fingerprint density at radius 1 is 1.30 bits per heavy atom. The van der Waals surface area contributed by atoms with Gasteiger partial charge in [-0.05, 0) is 30.3 Å². The first-order valence-electron chi connectivity index (χ1n) is 5.73. The molecule has 0 spiro atoms. The van der Waals surface area contributed by atoms with Crippen LogP contribution in [0.5, 0.6) is 0 Å². The minimum absolute atomic E-state index is 0.0445. The van der Waals surface area contributed by atoms with E-state index < -0.39 is 5.82 Å². The molecule has 0 aliphatic heterocycles. The van der Waals surface area contributed by atoms with Gasteiger partial charge in [0.2, 0.25) is 0 Å². The normalized spacial score (nSPS) is 10.7. The van der Waals surface area contributed by atoms with E-state index in [2.05, 4.69) is 4.98 Å². The second-order valence-corrected chi connectivity index (χ2v) is 4.66. The van der Waals surface area contributed by atoms with E-state index in [1.807, 2.05) is 0 Å². The summed E-state index contributed by atoms with van der Waals surface area (Å²) in [5.41, 5.74) is 7.69. The third-order valence-electron chi connectivity index (χ3n) is 2.98. The number of rotatable bonds is 1. The summed E-state index contributed by atoms with van der Waals surface area (Å²) in [6.07, 6.45) is 1.65. The summed E-state index contributed by atoms with van der Waals surface area (Å²) in [4.78, 5) is 4.38. The highest BCUT2D eigenvalue weighted by Crippen LogP contribution is 2.28. The second kappa shape index (κ2) is 4.51. The fourth-order valence-corrected chi connectivity index (χ4v) is 2.17. The van der Waals surface area contributed by atoms with Crippen molar-refractivity contribution in [2.75, 3.05) is 5.73 Å². The molecule has 0 aliphatic carbocycles. The van der Waals surface area contributed by atoms with E-state index in [9.17, 15) is 4.39 Å². The standard InChI is InChI=1S/C14H8ClFN4/c15-10-2-4-12-19-13(14(18)20(12)7-10)8-1-3-11(16)9(5-8)6-17/h1-5,7H,18H2. The molecule has 0 atom stereocenters. The lowest BCUT2D eigenvalue weighted by atomic mass is 10.1. The Bertz CT molecular complexity index is 863. The average Bonchev–Trinajstić information content (AvgIpc) is 2.77. The average molecular weight is 287 g/mol. The number of benzene rings is 1. The van der Waals surface area contributed by atoms with Crippen LogP contribution < -0.4 is 5.73 Å². The van der Waals surface area contributed by atoms with Crippen LogP contribution in [0.1, 0.15) is 5.56 Å². The molecule has 0 saturated heterocycles. The van der Waals surface area contributed by atoms with Crippen molar-refractivity contribution >= 4 is 23.1 Å². The van der Waals surface area contributed by atoms with Crippen molar-refractivity contribution in [3.8, 4) is 17.3 Å². The lowest BCUT2D eigenvalue weighted by Gasteiger charge is -2.01. The van der Waals surface area contributed by atoms with Crippen LogP contribution in [0.2, 0.25) is 5.02 Å². The number of fused-ring (bicyclic) bond motifs is 1. The van der Waals surface area contributed by atoms with Gasteiger partial charge in [-0.25, -0.2) is 9.37 Å². The number of hydrogen-bond acceptors (Lipinski definition) is 3. The number of aromatic nitrogens is 2. The molecule has 1 aromatic carbocycles. The number of hydrogen-bond donors (Lipinski definition) is 1. The molecule has 0 unspecified atom stereocenters. The van der Waals surface area contributed by atoms with Gasteiger partial charge in [-0.1, -0.05) is 11.6 Å². The molecule has 0 saturated carbocycles. The van der Waals surface area contributed by atoms with Gasteiger partial charge in [-0.2, -0.15) is 5.26 Å². The highest BCUT2D eigenvalue weighted by atomic mass is 35.5. The van der Waals surface area contributed by atoms with Gasteiger partial charge in [-0.3, -0.25) is 4.40 Å². The molecule has 0 aliphatic rings. The van der Waals surface area contributed by atoms with Crippen LogP contribution in [-0.2, 0) is 0 Å². The summed E-state index contributed by atoms with van der Waals surface area (Å²) in [7, 11) is 0. The Morgan fingerprint density at radius 3 is 2.85 bits per heavy atom. The Morgan fingerprint density at radius 2 is 2.10 bits per heavy atom. The minimum Gasteiger partial charge on any atom is -0.383 e. The molecule has 2 N–H and O–H groups in total. The van der Waals surface area contributed by atoms with Crippen molar-refractivity contribution in [1.29, 1.82) is 5.26 Å². The number of pyridine rings is 1. The predicted molar refractivity (Wildman–Crippen MR) is 74.7 cm³/mol. The lowest BCUT2D eigenvalue weighted by molar-refractivity contribution is 0.624. The van der Waals surface area contributed by atoms with Gasteiger partial charge >= 0.3 is 0 Å². The van der Waals surface area contributed by atoms with Crippen LogP contribution in [0.15, 0.2) is 36.5 Å². The fourth-order valence-electron chi connectivity index (χ4n) is 2.01. The SMILES string of the molecule is N#Cc1cc(-c2nc3ccc(Cl)cn3c2N)ccc1F. The maximum atomic E-state index is 13.3. The zero-order valence-electron chi connectivity index (χ0n) is 10.1. The summed E-state index contributed by atoms with van der Waals surface area (Å²) in [6.45, 7) is 0. The van der Waals surface area contributed by atoms with Gasteiger partial charge < -0.3 is 5.73 Å². The zero-order valence-corrected chi connectivity index (χ0v) is 10.9. The van der Waals surface area contributed by atoms with Crippen molar-refractivity contribution in [3.63, 3.8) is 0 Å². The molecule has 2 aromatic heterocycles. The maximum absolute atomic E-state index is 13.3. The molecule has 0 amide bonds. The Hall–Kier alpha value is -2.58. The number of nitriles is 1. The molecule has 0 radical (unpaired) electrons. The van der Waals surface area contributed by atoms with Crippen molar-refractivity contribution in [1.82, 2.24) is 9.38 Å². The van der Waals surface area contributed by atoms with Crippen LogP contribution in [0.3, 0.4) is 0 Å². The Labute approximate surface area is 118 Å². The highest BCUT2D eigenvalue weighted by Gasteiger charge is 2.13. The van der Waals surface area contributed by atoms with E-state index >= 15 is 0 Å². The first kappa shape index (κ1) is 12.5. The molecule has 3 rings (SSSR count). The van der Waals surface area contributed by atoms with Crippen molar-refractivity contribution in [2.45, 2.75) is 0 Å². The fraction of sp³-hybridized carbons (Fsp3) is 0. The van der Waals surface area contributed by atoms with Gasteiger partial charge in [-0.15, -0.1) is 0 Å². The van der Waals surface area contributed by atoms with E-state index in [1.165, 1.54) is 18.2 Å². The van der Waals surface area contributed by atoms with Crippen molar-refractivity contribution in [3.05, 3.63) is 52.9 Å². The molecular formula is C14H8ClFN4. The Kier molecular flexibility index (Phi) is 2.81. The molecule has 0 fully saturated rings. The molecule has 0 bridgehead atoms. The van der Waals surface area contributed by atoms with E-state index in [0.29, 0.717) is 27.7 Å². The Balaban J connectivity index is 2.25. The summed E-state index contributed by atoms with van der Waals surface area (Å²) in [5.74, 6) is -0.181. The van der Waals surface area contributed by atoms with E-state index in [-0.39, 0.29) is 5.56 Å². The summed E-state index contributed by atoms with van der Waals surface area (Å²) >= 11 is 5.92. The third-order valence-corrected chi connectivity index (χ3v) is 3.20. The summed E-state index contributed by atoms with van der Waals surface area (Å²) < 4.78 is 15.0. The summed E-state index contributed by atoms with van der Waals surface area (Å²) in [6, 6.07) is 9.43. The quantitative estimate of drug-likeness (QED) is 0.746. The molecule has 6 heteroatoms. The minimum atomic E-state index is -0.568. The number of imidazole rings is 1. The number of nitrogens with zero attached hydrogens (tertiary/aromatic N) is 3. The lowest BCUT2D eigenvalue weighted by Crippen LogP contribution is -1.94. The topological polar surface area (TPSA) is 67.1 Å². The number of halogens is 2. The molecular weight excluding hydrogens is 279 g/mol. The van der Waals surface area contributed by atoms with E-state index in [1.54, 1.807) is 28.8 Å². The number of nitrogens with two attached hydrogens (primary N) is 1.